The van der Waals surface area contributed by atoms with E-state index in [0.717, 1.165) is 26.2 Å². The molecule has 1 amide bonds. The first kappa shape index (κ1) is 22.1. The maximum absolute atomic E-state index is 12.4. The minimum absolute atomic E-state index is 0.181. The molecule has 0 aromatic heterocycles. The second-order valence-corrected chi connectivity index (χ2v) is 9.47. The normalized spacial score (nSPS) is 20.0. The topological polar surface area (TPSA) is 36.0 Å². The molecule has 0 N–H and O–H groups in total. The molecule has 5 heteroatoms. The number of piperazine rings is 1. The first-order chi connectivity index (χ1) is 13.9. The predicted molar refractivity (Wildman–Crippen MR) is 118 cm³/mol. The number of hydrogen-bond acceptors (Lipinski definition) is 4. The number of amides is 1. The summed E-state index contributed by atoms with van der Waals surface area (Å²) < 4.78 is 5.55. The lowest BCUT2D eigenvalue weighted by Gasteiger charge is -2.40. The van der Waals surface area contributed by atoms with Crippen LogP contribution in [0.4, 0.5) is 4.79 Å². The van der Waals surface area contributed by atoms with Crippen molar-refractivity contribution in [2.75, 3.05) is 45.8 Å². The molecule has 0 radical (unpaired) electrons. The minimum Gasteiger partial charge on any atom is -0.444 e. The van der Waals surface area contributed by atoms with Gasteiger partial charge >= 0.3 is 6.09 Å². The van der Waals surface area contributed by atoms with Crippen LogP contribution in [0.1, 0.15) is 64.5 Å². The van der Waals surface area contributed by atoms with Crippen LogP contribution in [0.15, 0.2) is 30.3 Å². The molecule has 0 bridgehead atoms. The third-order valence-corrected chi connectivity index (χ3v) is 5.99. The summed E-state index contributed by atoms with van der Waals surface area (Å²) in [5, 5.41) is 0. The number of carbonyl (C=O) groups is 1. The van der Waals surface area contributed by atoms with Gasteiger partial charge in [-0.15, -0.1) is 0 Å². The van der Waals surface area contributed by atoms with Crippen molar-refractivity contribution in [3.8, 4) is 0 Å². The Morgan fingerprint density at radius 2 is 1.62 bits per heavy atom. The fraction of sp³-hybridized carbons (Fsp3) is 0.708. The van der Waals surface area contributed by atoms with Crippen molar-refractivity contribution in [1.29, 1.82) is 0 Å². The lowest BCUT2D eigenvalue weighted by atomic mass is 9.98. The van der Waals surface area contributed by atoms with Crippen LogP contribution in [0, 0.1) is 0 Å². The zero-order chi connectivity index (χ0) is 20.7. The van der Waals surface area contributed by atoms with E-state index in [9.17, 15) is 4.79 Å². The third-order valence-electron chi connectivity index (χ3n) is 5.99. The molecule has 2 fully saturated rings. The van der Waals surface area contributed by atoms with Crippen molar-refractivity contribution in [2.24, 2.45) is 0 Å². The molecule has 162 valence electrons. The monoisotopic (exact) mass is 401 g/mol. The molecule has 0 aliphatic carbocycles. The van der Waals surface area contributed by atoms with Gasteiger partial charge in [-0.2, -0.15) is 0 Å². The molecule has 0 spiro atoms. The average molecular weight is 402 g/mol. The summed E-state index contributed by atoms with van der Waals surface area (Å²) in [7, 11) is 0. The SMILES string of the molecule is CC(C)(C)OC(=O)N1CCN(C(CCCCN2CCCC2)c2ccccc2)CC1. The summed E-state index contributed by atoms with van der Waals surface area (Å²) in [6, 6.07) is 11.3. The number of ether oxygens (including phenoxy) is 1. The van der Waals surface area contributed by atoms with Gasteiger partial charge in [0.15, 0.2) is 0 Å². The van der Waals surface area contributed by atoms with E-state index in [2.05, 4.69) is 40.1 Å². The molecule has 2 saturated heterocycles. The largest absolute Gasteiger partial charge is 0.444 e. The zero-order valence-corrected chi connectivity index (χ0v) is 18.6. The second-order valence-electron chi connectivity index (χ2n) is 9.47. The Kier molecular flexibility index (Phi) is 7.96. The van der Waals surface area contributed by atoms with Gasteiger partial charge in [-0.05, 0) is 71.7 Å². The highest BCUT2D eigenvalue weighted by atomic mass is 16.6. The number of likely N-dealkylation sites (tertiary alicyclic amines) is 1. The van der Waals surface area contributed by atoms with Gasteiger partial charge < -0.3 is 14.5 Å². The Morgan fingerprint density at radius 1 is 0.966 bits per heavy atom. The van der Waals surface area contributed by atoms with E-state index in [-0.39, 0.29) is 6.09 Å². The second kappa shape index (κ2) is 10.4. The molecule has 3 rings (SSSR count). The minimum atomic E-state index is -0.434. The lowest BCUT2D eigenvalue weighted by Crippen LogP contribution is -2.50. The van der Waals surface area contributed by atoms with E-state index in [1.54, 1.807) is 0 Å². The van der Waals surface area contributed by atoms with Crippen molar-refractivity contribution in [3.05, 3.63) is 35.9 Å². The van der Waals surface area contributed by atoms with Crippen LogP contribution in [0.25, 0.3) is 0 Å². The van der Waals surface area contributed by atoms with Crippen molar-refractivity contribution in [3.63, 3.8) is 0 Å². The van der Waals surface area contributed by atoms with Gasteiger partial charge in [-0.3, -0.25) is 4.90 Å². The summed E-state index contributed by atoms with van der Waals surface area (Å²) >= 11 is 0. The Bertz CT molecular complexity index is 615. The molecule has 1 atom stereocenters. The maximum atomic E-state index is 12.4. The average Bonchev–Trinajstić information content (AvgIpc) is 3.21. The van der Waals surface area contributed by atoms with Gasteiger partial charge in [0.25, 0.3) is 0 Å². The quantitative estimate of drug-likeness (QED) is 0.628. The number of nitrogens with zero attached hydrogens (tertiary/aromatic N) is 3. The standard InChI is InChI=1S/C24H39N3O2/c1-24(2,3)29-23(28)27-19-17-26(18-20-27)22(21-11-5-4-6-12-21)13-7-8-14-25-15-9-10-16-25/h4-6,11-12,22H,7-10,13-20H2,1-3H3. The van der Waals surface area contributed by atoms with Crippen molar-refractivity contribution in [1.82, 2.24) is 14.7 Å². The van der Waals surface area contributed by atoms with E-state index >= 15 is 0 Å². The van der Waals surface area contributed by atoms with Crippen LogP contribution >= 0.6 is 0 Å². The number of carbonyl (C=O) groups excluding carboxylic acids is 1. The van der Waals surface area contributed by atoms with Crippen LogP contribution in [0.5, 0.6) is 0 Å². The summed E-state index contributed by atoms with van der Waals surface area (Å²) in [6.07, 6.45) is 6.27. The van der Waals surface area contributed by atoms with E-state index in [1.165, 1.54) is 57.3 Å². The van der Waals surface area contributed by atoms with Crippen LogP contribution < -0.4 is 0 Å². The van der Waals surface area contributed by atoms with Crippen molar-refractivity contribution in [2.45, 2.75) is 64.5 Å². The first-order valence-electron chi connectivity index (χ1n) is 11.4. The molecular weight excluding hydrogens is 362 g/mol. The van der Waals surface area contributed by atoms with Gasteiger partial charge in [0.2, 0.25) is 0 Å². The lowest BCUT2D eigenvalue weighted by molar-refractivity contribution is 0.00957. The number of benzene rings is 1. The van der Waals surface area contributed by atoms with E-state index in [4.69, 9.17) is 4.74 Å². The van der Waals surface area contributed by atoms with Gasteiger partial charge in [0.05, 0.1) is 0 Å². The summed E-state index contributed by atoms with van der Waals surface area (Å²) in [6.45, 7) is 12.9. The molecule has 2 aliphatic rings. The maximum Gasteiger partial charge on any atom is 0.410 e. The number of unbranched alkanes of at least 4 members (excludes halogenated alkanes) is 1. The summed E-state index contributed by atoms with van der Waals surface area (Å²) in [5.41, 5.74) is 0.968. The molecule has 2 aliphatic heterocycles. The van der Waals surface area contributed by atoms with Gasteiger partial charge in [0.1, 0.15) is 5.60 Å². The molecule has 1 unspecified atom stereocenters. The van der Waals surface area contributed by atoms with Crippen LogP contribution in [0.3, 0.4) is 0 Å². The smallest absolute Gasteiger partial charge is 0.410 e. The molecule has 0 saturated carbocycles. The molecule has 1 aromatic carbocycles. The summed E-state index contributed by atoms with van der Waals surface area (Å²) in [4.78, 5) is 19.4. The Hall–Kier alpha value is -1.59. The fourth-order valence-electron chi connectivity index (χ4n) is 4.46. The van der Waals surface area contributed by atoms with Gasteiger partial charge in [0, 0.05) is 32.2 Å². The van der Waals surface area contributed by atoms with Crippen LogP contribution in [-0.4, -0.2) is 72.2 Å². The highest BCUT2D eigenvalue weighted by Crippen LogP contribution is 2.28. The van der Waals surface area contributed by atoms with E-state index < -0.39 is 5.60 Å². The molecule has 1 aromatic rings. The molecule has 5 nitrogen and oxygen atoms in total. The molecule has 29 heavy (non-hydrogen) atoms. The Morgan fingerprint density at radius 3 is 2.24 bits per heavy atom. The third kappa shape index (κ3) is 7.00. The molecule has 2 heterocycles. The predicted octanol–water partition coefficient (Wildman–Crippen LogP) is 4.55. The summed E-state index contributed by atoms with van der Waals surface area (Å²) in [5.74, 6) is 0. The first-order valence-corrected chi connectivity index (χ1v) is 11.4. The Labute approximate surface area is 177 Å². The fourth-order valence-corrected chi connectivity index (χ4v) is 4.46. The Balaban J connectivity index is 1.52. The zero-order valence-electron chi connectivity index (χ0n) is 18.6. The number of hydrogen-bond donors (Lipinski definition) is 0. The van der Waals surface area contributed by atoms with Gasteiger partial charge in [-0.1, -0.05) is 36.8 Å². The van der Waals surface area contributed by atoms with Gasteiger partial charge in [-0.25, -0.2) is 4.79 Å². The van der Waals surface area contributed by atoms with Crippen LogP contribution in [-0.2, 0) is 4.74 Å². The van der Waals surface area contributed by atoms with E-state index in [1.807, 2.05) is 25.7 Å². The van der Waals surface area contributed by atoms with Crippen molar-refractivity contribution >= 4 is 6.09 Å². The van der Waals surface area contributed by atoms with E-state index in [0.29, 0.717) is 6.04 Å². The highest BCUT2D eigenvalue weighted by molar-refractivity contribution is 5.68. The highest BCUT2D eigenvalue weighted by Gasteiger charge is 2.29. The van der Waals surface area contributed by atoms with Crippen LogP contribution in [0.2, 0.25) is 0 Å². The molecular formula is C24H39N3O2. The van der Waals surface area contributed by atoms with Crippen molar-refractivity contribution < 1.29 is 9.53 Å². The number of rotatable bonds is 7.